The van der Waals surface area contributed by atoms with Crippen molar-refractivity contribution in [3.8, 4) is 0 Å². The van der Waals surface area contributed by atoms with Crippen LogP contribution >= 0.6 is 11.3 Å². The van der Waals surface area contributed by atoms with Crippen LogP contribution in [0.3, 0.4) is 0 Å². The molecule has 0 aliphatic carbocycles. The summed E-state index contributed by atoms with van der Waals surface area (Å²) in [5.74, 6) is 1.13. The highest BCUT2D eigenvalue weighted by molar-refractivity contribution is 7.22. The molecule has 6 nitrogen and oxygen atoms in total. The van der Waals surface area contributed by atoms with E-state index in [1.54, 1.807) is 11.3 Å². The number of fused-ring (bicyclic) bond motifs is 2. The Balaban J connectivity index is 1.60. The van der Waals surface area contributed by atoms with Crippen LogP contribution < -0.4 is 4.90 Å². The number of anilines is 1. The van der Waals surface area contributed by atoms with Crippen molar-refractivity contribution in [3.63, 3.8) is 0 Å². The first-order valence-corrected chi connectivity index (χ1v) is 9.43. The molecule has 7 heteroatoms. The predicted octanol–water partition coefficient (Wildman–Crippen LogP) is 3.57. The van der Waals surface area contributed by atoms with Crippen molar-refractivity contribution in [2.75, 3.05) is 11.4 Å². The van der Waals surface area contributed by atoms with E-state index < -0.39 is 0 Å². The molecule has 1 aromatic carbocycles. The third-order valence-corrected chi connectivity index (χ3v) is 6.34. The highest BCUT2D eigenvalue weighted by Gasteiger charge is 2.32. The molecule has 0 amide bonds. The van der Waals surface area contributed by atoms with Crippen molar-refractivity contribution in [2.24, 2.45) is 14.1 Å². The molecule has 4 aromatic rings. The molecule has 0 radical (unpaired) electrons. The van der Waals surface area contributed by atoms with E-state index in [1.807, 2.05) is 11.7 Å². The molecule has 1 aliphatic heterocycles. The van der Waals surface area contributed by atoms with Gasteiger partial charge in [0.05, 0.1) is 27.5 Å². The fourth-order valence-corrected chi connectivity index (χ4v) is 5.03. The second kappa shape index (κ2) is 5.29. The summed E-state index contributed by atoms with van der Waals surface area (Å²) in [6.07, 6.45) is 2.28. The number of rotatable bonds is 2. The van der Waals surface area contributed by atoms with Gasteiger partial charge in [-0.3, -0.25) is 0 Å². The lowest BCUT2D eigenvalue weighted by Gasteiger charge is -2.23. The summed E-state index contributed by atoms with van der Waals surface area (Å²) in [4.78, 5) is 12.2. The van der Waals surface area contributed by atoms with Crippen molar-refractivity contribution in [2.45, 2.75) is 25.8 Å². The first-order chi connectivity index (χ1) is 12.1. The van der Waals surface area contributed by atoms with Gasteiger partial charge in [0.25, 0.3) is 0 Å². The average Bonchev–Trinajstić information content (AvgIpc) is 3.34. The molecule has 3 aromatic heterocycles. The van der Waals surface area contributed by atoms with Crippen LogP contribution in [0.2, 0.25) is 0 Å². The molecule has 0 saturated carbocycles. The van der Waals surface area contributed by atoms with E-state index >= 15 is 0 Å². The summed E-state index contributed by atoms with van der Waals surface area (Å²) in [5.41, 5.74) is 4.29. The Morgan fingerprint density at radius 3 is 2.80 bits per heavy atom. The zero-order chi connectivity index (χ0) is 17.1. The Bertz CT molecular complexity index is 1050. The Morgan fingerprint density at radius 1 is 1.16 bits per heavy atom. The van der Waals surface area contributed by atoms with Gasteiger partial charge in [0.2, 0.25) is 0 Å². The highest BCUT2D eigenvalue weighted by atomic mass is 32.1. The van der Waals surface area contributed by atoms with Crippen molar-refractivity contribution in [1.29, 1.82) is 0 Å². The number of para-hydroxylation sites is 2. The van der Waals surface area contributed by atoms with Crippen LogP contribution in [0, 0.1) is 6.92 Å². The maximum absolute atomic E-state index is 4.93. The van der Waals surface area contributed by atoms with Gasteiger partial charge in [0, 0.05) is 20.6 Å². The van der Waals surface area contributed by atoms with Gasteiger partial charge < -0.3 is 9.47 Å². The molecule has 0 unspecified atom stereocenters. The van der Waals surface area contributed by atoms with Crippen molar-refractivity contribution in [3.05, 3.63) is 35.8 Å². The summed E-state index contributed by atoms with van der Waals surface area (Å²) in [6.45, 7) is 3.08. The van der Waals surface area contributed by atoms with E-state index in [2.05, 4.69) is 52.8 Å². The number of thiazole rings is 1. The standard InChI is InChI=1S/C18H20N6S/c1-11-15-17(23(3)21-11)20-18(25-15)24-10-6-9-14(24)16-19-12-7-4-5-8-13(12)22(16)2/h4-5,7-8,14H,6,9-10H2,1-3H3/t14-/m1/s1. The zero-order valence-corrected chi connectivity index (χ0v) is 15.4. The molecular weight excluding hydrogens is 332 g/mol. The number of hydrogen-bond donors (Lipinski definition) is 0. The van der Waals surface area contributed by atoms with Gasteiger partial charge in [-0.1, -0.05) is 23.5 Å². The number of aryl methyl sites for hydroxylation is 3. The predicted molar refractivity (Wildman–Crippen MR) is 101 cm³/mol. The molecule has 1 fully saturated rings. The summed E-state index contributed by atoms with van der Waals surface area (Å²) in [6, 6.07) is 8.63. The summed E-state index contributed by atoms with van der Waals surface area (Å²) in [5, 5.41) is 5.55. The number of aromatic nitrogens is 5. The van der Waals surface area contributed by atoms with Gasteiger partial charge >= 0.3 is 0 Å². The molecule has 0 spiro atoms. The van der Waals surface area contributed by atoms with Crippen molar-refractivity contribution in [1.82, 2.24) is 24.3 Å². The van der Waals surface area contributed by atoms with Crippen LogP contribution in [-0.4, -0.2) is 30.9 Å². The Kier molecular flexibility index (Phi) is 3.15. The number of benzene rings is 1. The van der Waals surface area contributed by atoms with Crippen LogP contribution in [0.1, 0.15) is 30.4 Å². The fourth-order valence-electron chi connectivity index (χ4n) is 3.92. The number of nitrogens with zero attached hydrogens (tertiary/aromatic N) is 6. The van der Waals surface area contributed by atoms with Crippen LogP contribution in [0.4, 0.5) is 5.13 Å². The number of hydrogen-bond acceptors (Lipinski definition) is 5. The van der Waals surface area contributed by atoms with Gasteiger partial charge in [-0.25, -0.2) is 14.6 Å². The van der Waals surface area contributed by atoms with Crippen molar-refractivity contribution < 1.29 is 0 Å². The lowest BCUT2D eigenvalue weighted by Crippen LogP contribution is -2.24. The molecule has 1 aliphatic rings. The zero-order valence-electron chi connectivity index (χ0n) is 14.6. The highest BCUT2D eigenvalue weighted by Crippen LogP contribution is 2.40. The summed E-state index contributed by atoms with van der Waals surface area (Å²) < 4.78 is 5.30. The smallest absolute Gasteiger partial charge is 0.188 e. The molecule has 25 heavy (non-hydrogen) atoms. The second-order valence-corrected chi connectivity index (χ2v) is 7.70. The van der Waals surface area contributed by atoms with Gasteiger partial charge in [-0.15, -0.1) is 0 Å². The van der Waals surface area contributed by atoms with Crippen LogP contribution in [-0.2, 0) is 14.1 Å². The molecule has 5 rings (SSSR count). The van der Waals surface area contributed by atoms with Crippen LogP contribution in [0.5, 0.6) is 0 Å². The van der Waals surface area contributed by atoms with E-state index in [0.29, 0.717) is 0 Å². The summed E-state index contributed by atoms with van der Waals surface area (Å²) >= 11 is 1.75. The maximum Gasteiger partial charge on any atom is 0.188 e. The molecular formula is C18H20N6S. The molecule has 1 saturated heterocycles. The van der Waals surface area contributed by atoms with Crippen LogP contribution in [0.15, 0.2) is 24.3 Å². The first-order valence-electron chi connectivity index (χ1n) is 8.61. The molecule has 1 atom stereocenters. The first kappa shape index (κ1) is 14.9. The van der Waals surface area contributed by atoms with Crippen molar-refractivity contribution >= 4 is 37.8 Å². The Morgan fingerprint density at radius 2 is 2.00 bits per heavy atom. The normalized spacial score (nSPS) is 18.0. The van der Waals surface area contributed by atoms with Gasteiger partial charge in [-0.05, 0) is 31.9 Å². The fraction of sp³-hybridized carbons (Fsp3) is 0.389. The van der Waals surface area contributed by atoms with E-state index in [1.165, 1.54) is 16.6 Å². The molecule has 0 bridgehead atoms. The SMILES string of the molecule is Cc1nn(C)c2nc(N3CCC[C@@H]3c3nc4ccccc4n3C)sc12. The minimum atomic E-state index is 0.284. The molecule has 4 heterocycles. The van der Waals surface area contributed by atoms with E-state index in [-0.39, 0.29) is 6.04 Å². The van der Waals surface area contributed by atoms with Gasteiger partial charge in [0.1, 0.15) is 5.82 Å². The Labute approximate surface area is 149 Å². The maximum atomic E-state index is 4.93. The quantitative estimate of drug-likeness (QED) is 0.553. The second-order valence-electron chi connectivity index (χ2n) is 6.73. The lowest BCUT2D eigenvalue weighted by atomic mass is 10.2. The minimum Gasteiger partial charge on any atom is -0.338 e. The third kappa shape index (κ3) is 2.12. The van der Waals surface area contributed by atoms with E-state index in [0.717, 1.165) is 40.8 Å². The van der Waals surface area contributed by atoms with E-state index in [4.69, 9.17) is 9.97 Å². The molecule has 0 N–H and O–H groups in total. The van der Waals surface area contributed by atoms with Crippen LogP contribution in [0.25, 0.3) is 21.4 Å². The summed E-state index contributed by atoms with van der Waals surface area (Å²) in [7, 11) is 4.08. The Hall–Kier alpha value is -2.41. The topological polar surface area (TPSA) is 51.8 Å². The largest absolute Gasteiger partial charge is 0.338 e. The lowest BCUT2D eigenvalue weighted by molar-refractivity contribution is 0.637. The molecule has 128 valence electrons. The minimum absolute atomic E-state index is 0.284. The van der Waals surface area contributed by atoms with Gasteiger partial charge in [0.15, 0.2) is 10.8 Å². The third-order valence-electron chi connectivity index (χ3n) is 5.15. The monoisotopic (exact) mass is 352 g/mol. The van der Waals surface area contributed by atoms with Gasteiger partial charge in [-0.2, -0.15) is 5.10 Å². The van der Waals surface area contributed by atoms with E-state index in [9.17, 15) is 0 Å². The number of imidazole rings is 1. The average molecular weight is 352 g/mol.